The van der Waals surface area contributed by atoms with E-state index in [1.807, 2.05) is 24.3 Å². The lowest BCUT2D eigenvalue weighted by molar-refractivity contribution is 1.42. The molecule has 0 aliphatic heterocycles. The zero-order valence-corrected chi connectivity index (χ0v) is 9.63. The summed E-state index contributed by atoms with van der Waals surface area (Å²) in [7, 11) is 0. The highest BCUT2D eigenvalue weighted by molar-refractivity contribution is 7.99. The van der Waals surface area contributed by atoms with E-state index >= 15 is 0 Å². The quantitative estimate of drug-likeness (QED) is 0.465. The molecule has 0 saturated heterocycles. The van der Waals surface area contributed by atoms with E-state index in [-0.39, 0.29) is 0 Å². The summed E-state index contributed by atoms with van der Waals surface area (Å²) < 4.78 is 0. The topological polar surface area (TPSA) is 0 Å². The minimum absolute atomic E-state index is 0.744. The molecule has 0 atom stereocenters. The van der Waals surface area contributed by atoms with Crippen molar-refractivity contribution in [2.45, 2.75) is 4.90 Å². The van der Waals surface area contributed by atoms with Crippen molar-refractivity contribution in [1.82, 2.24) is 0 Å². The maximum absolute atomic E-state index is 5.84. The van der Waals surface area contributed by atoms with E-state index in [9.17, 15) is 0 Å². The van der Waals surface area contributed by atoms with Crippen LogP contribution in [0.2, 0.25) is 5.02 Å². The van der Waals surface area contributed by atoms with Crippen LogP contribution < -0.4 is 0 Å². The van der Waals surface area contributed by atoms with Gasteiger partial charge in [0, 0.05) is 21.4 Å². The van der Waals surface area contributed by atoms with E-state index in [0.29, 0.717) is 0 Å². The van der Waals surface area contributed by atoms with E-state index in [1.165, 1.54) is 4.90 Å². The van der Waals surface area contributed by atoms with Crippen molar-refractivity contribution in [2.75, 3.05) is 11.5 Å². The normalized spacial score (nSPS) is 10.0. The summed E-state index contributed by atoms with van der Waals surface area (Å²) in [6.07, 6.45) is 0. The largest absolute Gasteiger partial charge is 0.175 e. The molecule has 0 fully saturated rings. The highest BCUT2D eigenvalue weighted by Gasteiger charge is 1.96. The van der Waals surface area contributed by atoms with Gasteiger partial charge < -0.3 is 0 Å². The molecule has 0 nitrogen and oxygen atoms in total. The Hall–Kier alpha value is -0.0500. The van der Waals surface area contributed by atoms with Gasteiger partial charge in [0.15, 0.2) is 0 Å². The predicted molar refractivity (Wildman–Crippen MR) is 65.2 cm³/mol. The molecule has 70 valence electrons. The van der Waals surface area contributed by atoms with Gasteiger partial charge in [0.05, 0.1) is 0 Å². The standard InChI is InChI=1S/C10H11ClS2/c1-8(6-12)7-13-10-4-2-3-9(11)5-10/h2-5,12H,1,6-7H2. The summed E-state index contributed by atoms with van der Waals surface area (Å²) in [5, 5.41) is 0.779. The summed E-state index contributed by atoms with van der Waals surface area (Å²) in [4.78, 5) is 1.18. The zero-order chi connectivity index (χ0) is 9.68. The van der Waals surface area contributed by atoms with E-state index in [1.54, 1.807) is 11.8 Å². The molecule has 0 saturated carbocycles. The molecule has 0 bridgehead atoms. The van der Waals surface area contributed by atoms with Gasteiger partial charge >= 0.3 is 0 Å². The van der Waals surface area contributed by atoms with Gasteiger partial charge in [-0.2, -0.15) is 12.6 Å². The van der Waals surface area contributed by atoms with Gasteiger partial charge in [0.1, 0.15) is 0 Å². The molecule has 0 N–H and O–H groups in total. The molecular formula is C10H11ClS2. The van der Waals surface area contributed by atoms with Crippen molar-refractivity contribution in [1.29, 1.82) is 0 Å². The number of halogens is 1. The van der Waals surface area contributed by atoms with Crippen LogP contribution in [0.4, 0.5) is 0 Å². The van der Waals surface area contributed by atoms with Crippen molar-refractivity contribution >= 4 is 36.0 Å². The first kappa shape index (κ1) is 11.0. The average Bonchev–Trinajstić information content (AvgIpc) is 2.14. The maximum Gasteiger partial charge on any atom is 0.0417 e. The van der Waals surface area contributed by atoms with Crippen LogP contribution in [-0.4, -0.2) is 11.5 Å². The number of rotatable bonds is 4. The van der Waals surface area contributed by atoms with E-state index in [4.69, 9.17) is 11.6 Å². The molecule has 3 heteroatoms. The lowest BCUT2D eigenvalue weighted by Gasteiger charge is -2.02. The van der Waals surface area contributed by atoms with Gasteiger partial charge in [0.2, 0.25) is 0 Å². The first-order valence-corrected chi connectivity index (χ1v) is 5.88. The van der Waals surface area contributed by atoms with Gasteiger partial charge in [-0.05, 0) is 18.2 Å². The van der Waals surface area contributed by atoms with E-state index in [2.05, 4.69) is 19.2 Å². The first-order valence-electron chi connectivity index (χ1n) is 3.88. The van der Waals surface area contributed by atoms with Crippen molar-refractivity contribution in [3.05, 3.63) is 41.4 Å². The summed E-state index contributed by atoms with van der Waals surface area (Å²) in [5.41, 5.74) is 1.13. The number of benzene rings is 1. The zero-order valence-electron chi connectivity index (χ0n) is 7.16. The molecule has 0 unspecified atom stereocenters. The number of hydrogen-bond acceptors (Lipinski definition) is 2. The fraction of sp³-hybridized carbons (Fsp3) is 0.200. The minimum Gasteiger partial charge on any atom is -0.175 e. The monoisotopic (exact) mass is 230 g/mol. The highest BCUT2D eigenvalue weighted by Crippen LogP contribution is 2.23. The molecule has 13 heavy (non-hydrogen) atoms. The number of hydrogen-bond donors (Lipinski definition) is 1. The Bertz CT molecular complexity index is 297. The molecular weight excluding hydrogens is 220 g/mol. The Balaban J connectivity index is 2.50. The Morgan fingerprint density at radius 2 is 2.31 bits per heavy atom. The molecule has 1 rings (SSSR count). The van der Waals surface area contributed by atoms with Crippen molar-refractivity contribution in [3.63, 3.8) is 0 Å². The number of thiol groups is 1. The molecule has 0 aliphatic carbocycles. The smallest absolute Gasteiger partial charge is 0.0417 e. The van der Waals surface area contributed by atoms with Crippen LogP contribution in [0.3, 0.4) is 0 Å². The summed E-state index contributed by atoms with van der Waals surface area (Å²) in [6.45, 7) is 3.88. The third kappa shape index (κ3) is 4.12. The SMILES string of the molecule is C=C(CS)CSc1cccc(Cl)c1. The molecule has 0 aromatic heterocycles. The molecule has 0 heterocycles. The van der Waals surface area contributed by atoms with Crippen molar-refractivity contribution in [2.24, 2.45) is 0 Å². The predicted octanol–water partition coefficient (Wildman–Crippen LogP) is 3.92. The van der Waals surface area contributed by atoms with Gasteiger partial charge in [-0.1, -0.05) is 29.8 Å². The summed E-state index contributed by atoms with van der Waals surface area (Å²) >= 11 is 11.7. The average molecular weight is 231 g/mol. The van der Waals surface area contributed by atoms with Gasteiger partial charge in [-0.25, -0.2) is 0 Å². The molecule has 1 aromatic rings. The summed E-state index contributed by atoms with van der Waals surface area (Å²) in [5.74, 6) is 1.65. The van der Waals surface area contributed by atoms with Crippen LogP contribution >= 0.6 is 36.0 Å². The molecule has 0 spiro atoms. The lowest BCUT2D eigenvalue weighted by Crippen LogP contribution is -1.86. The van der Waals surface area contributed by atoms with Crippen LogP contribution in [0, 0.1) is 0 Å². The van der Waals surface area contributed by atoms with Crippen LogP contribution in [0.1, 0.15) is 0 Å². The third-order valence-electron chi connectivity index (χ3n) is 1.46. The Morgan fingerprint density at radius 3 is 2.92 bits per heavy atom. The van der Waals surface area contributed by atoms with Gasteiger partial charge in [-0.15, -0.1) is 11.8 Å². The molecule has 0 amide bonds. The summed E-state index contributed by atoms with van der Waals surface area (Å²) in [6, 6.07) is 7.83. The van der Waals surface area contributed by atoms with Crippen molar-refractivity contribution < 1.29 is 0 Å². The van der Waals surface area contributed by atoms with Crippen LogP contribution in [0.15, 0.2) is 41.3 Å². The van der Waals surface area contributed by atoms with Gasteiger partial charge in [0.25, 0.3) is 0 Å². The molecule has 0 radical (unpaired) electrons. The second-order valence-corrected chi connectivity index (χ2v) is 4.46. The van der Waals surface area contributed by atoms with E-state index < -0.39 is 0 Å². The van der Waals surface area contributed by atoms with Crippen LogP contribution in [0.5, 0.6) is 0 Å². The lowest BCUT2D eigenvalue weighted by atomic mass is 10.4. The minimum atomic E-state index is 0.744. The Labute approximate surface area is 93.8 Å². The van der Waals surface area contributed by atoms with Gasteiger partial charge in [-0.3, -0.25) is 0 Å². The van der Waals surface area contributed by atoms with Crippen LogP contribution in [0.25, 0.3) is 0 Å². The molecule has 1 aromatic carbocycles. The van der Waals surface area contributed by atoms with Crippen LogP contribution in [-0.2, 0) is 0 Å². The van der Waals surface area contributed by atoms with E-state index in [0.717, 1.165) is 22.1 Å². The Morgan fingerprint density at radius 1 is 1.54 bits per heavy atom. The molecule has 0 aliphatic rings. The second-order valence-electron chi connectivity index (χ2n) is 2.65. The Kier molecular flexibility index (Phi) is 4.78. The number of thioether (sulfide) groups is 1. The maximum atomic E-state index is 5.84. The highest BCUT2D eigenvalue weighted by atomic mass is 35.5. The first-order chi connectivity index (χ1) is 6.22. The fourth-order valence-electron chi connectivity index (χ4n) is 0.788. The van der Waals surface area contributed by atoms with Crippen molar-refractivity contribution in [3.8, 4) is 0 Å². The fourth-order valence-corrected chi connectivity index (χ4v) is 2.16. The third-order valence-corrected chi connectivity index (χ3v) is 3.28. The second kappa shape index (κ2) is 5.63.